The van der Waals surface area contributed by atoms with Gasteiger partial charge in [-0.25, -0.2) is 0 Å². The molecule has 2 rings (SSSR count). The van der Waals surface area contributed by atoms with E-state index in [-0.39, 0.29) is 5.41 Å². The highest BCUT2D eigenvalue weighted by Crippen LogP contribution is 2.44. The predicted molar refractivity (Wildman–Crippen MR) is 83.5 cm³/mol. The highest BCUT2D eigenvalue weighted by Gasteiger charge is 2.41. The first-order chi connectivity index (χ1) is 8.47. The zero-order chi connectivity index (χ0) is 13.2. The average Bonchev–Trinajstić information content (AvgIpc) is 2.89. The molecule has 0 radical (unpaired) electrons. The molecule has 0 bridgehead atoms. The lowest BCUT2D eigenvalue weighted by Crippen LogP contribution is -2.38. The Morgan fingerprint density at radius 3 is 2.61 bits per heavy atom. The van der Waals surface area contributed by atoms with E-state index in [0.29, 0.717) is 5.41 Å². The van der Waals surface area contributed by atoms with Gasteiger partial charge in [-0.1, -0.05) is 13.8 Å². The maximum absolute atomic E-state index is 3.67. The molecular weight excluding hydrogens is 308 g/mol. The summed E-state index contributed by atoms with van der Waals surface area (Å²) in [6.45, 7) is 7.96. The van der Waals surface area contributed by atoms with Crippen molar-refractivity contribution < 1.29 is 0 Å². The smallest absolute Gasteiger partial charge is 0.0285 e. The molecule has 2 nitrogen and oxygen atoms in total. The summed E-state index contributed by atoms with van der Waals surface area (Å²) in [5.41, 5.74) is 0.757. The maximum Gasteiger partial charge on any atom is 0.0285 e. The Morgan fingerprint density at radius 2 is 2.11 bits per heavy atom. The largest absolute Gasteiger partial charge is 0.319 e. The van der Waals surface area contributed by atoms with Crippen LogP contribution in [0.15, 0.2) is 15.9 Å². The van der Waals surface area contributed by atoms with Gasteiger partial charge in [-0.05, 0) is 47.3 Å². The number of thiophene rings is 1. The molecule has 1 aromatic heterocycles. The Labute approximate surface area is 123 Å². The molecule has 1 aromatic rings. The number of hydrogen-bond acceptors (Lipinski definition) is 3. The first-order valence-corrected chi connectivity index (χ1v) is 8.25. The van der Waals surface area contributed by atoms with Gasteiger partial charge in [0.2, 0.25) is 0 Å². The van der Waals surface area contributed by atoms with Gasteiger partial charge in [0, 0.05) is 39.8 Å². The standard InChI is InChI=1S/C14H23BrN2S/c1-13(2,12-6-11(15)7-18-12)8-17-10-14(4-5-14)9-16-3/h6-7,16-17H,4-5,8-10H2,1-3H3. The van der Waals surface area contributed by atoms with Crippen LogP contribution >= 0.6 is 27.3 Å². The molecule has 1 aliphatic rings. The summed E-state index contributed by atoms with van der Waals surface area (Å²) in [6, 6.07) is 2.24. The van der Waals surface area contributed by atoms with Gasteiger partial charge in [0.25, 0.3) is 0 Å². The van der Waals surface area contributed by atoms with Gasteiger partial charge in [-0.15, -0.1) is 11.3 Å². The van der Waals surface area contributed by atoms with Crippen molar-refractivity contribution in [2.24, 2.45) is 5.41 Å². The third kappa shape index (κ3) is 3.56. The Hall–Kier alpha value is 0.1000. The first-order valence-electron chi connectivity index (χ1n) is 6.57. The Bertz CT molecular complexity index is 396. The van der Waals surface area contributed by atoms with Crippen molar-refractivity contribution in [2.75, 3.05) is 26.7 Å². The van der Waals surface area contributed by atoms with Crippen molar-refractivity contribution in [2.45, 2.75) is 32.1 Å². The molecule has 1 aliphatic carbocycles. The second kappa shape index (κ2) is 5.61. The lowest BCUT2D eigenvalue weighted by atomic mass is 9.91. The lowest BCUT2D eigenvalue weighted by Gasteiger charge is -2.25. The van der Waals surface area contributed by atoms with Gasteiger partial charge < -0.3 is 10.6 Å². The molecule has 2 N–H and O–H groups in total. The van der Waals surface area contributed by atoms with Crippen LogP contribution in [-0.2, 0) is 5.41 Å². The van der Waals surface area contributed by atoms with Crippen LogP contribution < -0.4 is 10.6 Å². The molecule has 0 amide bonds. The minimum absolute atomic E-state index is 0.215. The van der Waals surface area contributed by atoms with E-state index in [2.05, 4.69) is 51.9 Å². The molecule has 1 fully saturated rings. The van der Waals surface area contributed by atoms with Crippen molar-refractivity contribution >= 4 is 27.3 Å². The molecule has 0 aliphatic heterocycles. The van der Waals surface area contributed by atoms with Crippen LogP contribution in [0.1, 0.15) is 31.6 Å². The summed E-state index contributed by atoms with van der Waals surface area (Å²) in [5.74, 6) is 0. The van der Waals surface area contributed by atoms with Crippen LogP contribution in [0, 0.1) is 5.41 Å². The predicted octanol–water partition coefficient (Wildman–Crippen LogP) is 3.38. The third-order valence-electron chi connectivity index (χ3n) is 3.81. The third-order valence-corrected chi connectivity index (χ3v) is 5.87. The van der Waals surface area contributed by atoms with Crippen molar-refractivity contribution in [1.29, 1.82) is 0 Å². The fourth-order valence-corrected chi connectivity index (χ4v) is 3.92. The van der Waals surface area contributed by atoms with E-state index in [1.54, 1.807) is 0 Å². The van der Waals surface area contributed by atoms with Crippen LogP contribution in [0.5, 0.6) is 0 Å². The molecule has 4 heteroatoms. The van der Waals surface area contributed by atoms with Gasteiger partial charge in [0.15, 0.2) is 0 Å². The molecule has 102 valence electrons. The van der Waals surface area contributed by atoms with E-state index in [9.17, 15) is 0 Å². The number of hydrogen-bond donors (Lipinski definition) is 2. The van der Waals surface area contributed by atoms with Crippen LogP contribution in [0.2, 0.25) is 0 Å². The monoisotopic (exact) mass is 330 g/mol. The molecule has 0 saturated heterocycles. The van der Waals surface area contributed by atoms with Gasteiger partial charge in [0.05, 0.1) is 0 Å². The quantitative estimate of drug-likeness (QED) is 0.800. The second-order valence-electron chi connectivity index (χ2n) is 6.15. The first kappa shape index (κ1) is 14.5. The van der Waals surface area contributed by atoms with Gasteiger partial charge >= 0.3 is 0 Å². The summed E-state index contributed by atoms with van der Waals surface area (Å²) in [7, 11) is 2.05. The van der Waals surface area contributed by atoms with Gasteiger partial charge in [0.1, 0.15) is 0 Å². The molecular formula is C14H23BrN2S. The van der Waals surface area contributed by atoms with E-state index in [1.807, 2.05) is 18.4 Å². The zero-order valence-corrected chi connectivity index (χ0v) is 13.9. The van der Waals surface area contributed by atoms with E-state index in [4.69, 9.17) is 0 Å². The molecule has 18 heavy (non-hydrogen) atoms. The maximum atomic E-state index is 3.67. The van der Waals surface area contributed by atoms with Crippen molar-refractivity contribution in [3.63, 3.8) is 0 Å². The zero-order valence-electron chi connectivity index (χ0n) is 11.5. The Balaban J connectivity index is 1.82. The summed E-state index contributed by atoms with van der Waals surface area (Å²) in [5, 5.41) is 9.15. The summed E-state index contributed by atoms with van der Waals surface area (Å²) < 4.78 is 1.20. The minimum Gasteiger partial charge on any atom is -0.319 e. The van der Waals surface area contributed by atoms with Gasteiger partial charge in [-0.3, -0.25) is 0 Å². The fourth-order valence-electron chi connectivity index (χ4n) is 2.36. The average molecular weight is 331 g/mol. The summed E-state index contributed by atoms with van der Waals surface area (Å²) >= 11 is 5.38. The molecule has 0 aromatic carbocycles. The van der Waals surface area contributed by atoms with E-state index in [1.165, 1.54) is 22.2 Å². The summed E-state index contributed by atoms with van der Waals surface area (Å²) in [6.07, 6.45) is 2.73. The lowest BCUT2D eigenvalue weighted by molar-refractivity contribution is 0.399. The van der Waals surface area contributed by atoms with Crippen LogP contribution in [0.4, 0.5) is 0 Å². The number of halogens is 1. The molecule has 0 unspecified atom stereocenters. The SMILES string of the molecule is CNCC1(CNCC(C)(C)c2cc(Br)cs2)CC1. The normalized spacial score (nSPS) is 18.0. The van der Waals surface area contributed by atoms with E-state index in [0.717, 1.165) is 19.6 Å². The van der Waals surface area contributed by atoms with E-state index >= 15 is 0 Å². The molecule has 0 spiro atoms. The van der Waals surface area contributed by atoms with Crippen molar-refractivity contribution in [3.05, 3.63) is 20.8 Å². The molecule has 0 atom stereocenters. The molecule has 1 heterocycles. The Morgan fingerprint density at radius 1 is 1.39 bits per heavy atom. The minimum atomic E-state index is 0.215. The van der Waals surface area contributed by atoms with Crippen molar-refractivity contribution in [3.8, 4) is 0 Å². The second-order valence-corrected chi connectivity index (χ2v) is 7.97. The topological polar surface area (TPSA) is 24.1 Å². The highest BCUT2D eigenvalue weighted by molar-refractivity contribution is 9.10. The highest BCUT2D eigenvalue weighted by atomic mass is 79.9. The van der Waals surface area contributed by atoms with Crippen LogP contribution in [0.25, 0.3) is 0 Å². The van der Waals surface area contributed by atoms with Crippen LogP contribution in [-0.4, -0.2) is 26.7 Å². The molecule has 1 saturated carbocycles. The van der Waals surface area contributed by atoms with E-state index < -0.39 is 0 Å². The fraction of sp³-hybridized carbons (Fsp3) is 0.714. The number of rotatable bonds is 7. The van der Waals surface area contributed by atoms with Crippen LogP contribution in [0.3, 0.4) is 0 Å². The van der Waals surface area contributed by atoms with Crippen molar-refractivity contribution in [1.82, 2.24) is 10.6 Å². The number of nitrogens with one attached hydrogen (secondary N) is 2. The van der Waals surface area contributed by atoms with Gasteiger partial charge in [-0.2, -0.15) is 0 Å². The summed E-state index contributed by atoms with van der Waals surface area (Å²) in [4.78, 5) is 1.44. The Kier molecular flexibility index (Phi) is 4.52.